The van der Waals surface area contributed by atoms with Crippen LogP contribution < -0.4 is 15.5 Å². The van der Waals surface area contributed by atoms with Gasteiger partial charge in [0, 0.05) is 71.9 Å². The Morgan fingerprint density at radius 1 is 0.930 bits per heavy atom. The van der Waals surface area contributed by atoms with Gasteiger partial charge in [0.25, 0.3) is 11.8 Å². The molecule has 14 nitrogen and oxygen atoms in total. The molecule has 1 aromatic carbocycles. The number of piperazine rings is 2. The van der Waals surface area contributed by atoms with E-state index in [1.807, 2.05) is 35.5 Å². The molecule has 4 aliphatic rings. The number of nitrogens with zero attached hydrogens (tertiary/aromatic N) is 5. The van der Waals surface area contributed by atoms with Gasteiger partial charge in [-0.1, -0.05) is 6.07 Å². The van der Waals surface area contributed by atoms with Crippen LogP contribution in [0.3, 0.4) is 0 Å². The molecule has 5 rings (SSSR count). The number of amides is 7. The number of anilines is 1. The van der Waals surface area contributed by atoms with Crippen LogP contribution >= 0.6 is 0 Å². The summed E-state index contributed by atoms with van der Waals surface area (Å²) in [6.07, 6.45) is -0.278. The molecule has 1 unspecified atom stereocenters. The second-order valence-corrected chi connectivity index (χ2v) is 12.2. The number of fused-ring (bicyclic) bond motifs is 1. The van der Waals surface area contributed by atoms with Crippen LogP contribution in [-0.4, -0.2) is 132 Å². The van der Waals surface area contributed by atoms with Crippen molar-refractivity contribution < 1.29 is 33.5 Å². The number of rotatable bonds is 5. The lowest BCUT2D eigenvalue weighted by molar-refractivity contribution is -0.136. The van der Waals surface area contributed by atoms with Crippen LogP contribution in [0, 0.1) is 0 Å². The Labute approximate surface area is 250 Å². The third kappa shape index (κ3) is 6.58. The second-order valence-electron chi connectivity index (χ2n) is 12.2. The van der Waals surface area contributed by atoms with Gasteiger partial charge in [-0.15, -0.1) is 0 Å². The maximum Gasteiger partial charge on any atom is 0.407 e. The molecule has 4 aliphatic heterocycles. The van der Waals surface area contributed by atoms with E-state index in [2.05, 4.69) is 15.5 Å². The van der Waals surface area contributed by atoms with Gasteiger partial charge in [-0.3, -0.25) is 34.3 Å². The molecule has 0 aliphatic carbocycles. The second kappa shape index (κ2) is 12.2. The van der Waals surface area contributed by atoms with Crippen LogP contribution in [0.4, 0.5) is 15.3 Å². The lowest BCUT2D eigenvalue weighted by atomic mass is 10.0. The van der Waals surface area contributed by atoms with Crippen LogP contribution in [0.5, 0.6) is 0 Å². The highest BCUT2D eigenvalue weighted by Crippen LogP contribution is 2.34. The van der Waals surface area contributed by atoms with Crippen LogP contribution in [0.2, 0.25) is 0 Å². The minimum atomic E-state index is -1.02. The molecule has 43 heavy (non-hydrogen) atoms. The average Bonchev–Trinajstić information content (AvgIpc) is 3.22. The Kier molecular flexibility index (Phi) is 8.58. The van der Waals surface area contributed by atoms with Crippen LogP contribution in [0.25, 0.3) is 0 Å². The van der Waals surface area contributed by atoms with Crippen molar-refractivity contribution in [2.24, 2.45) is 0 Å². The van der Waals surface area contributed by atoms with Crippen LogP contribution in [0.1, 0.15) is 54.3 Å². The topological polar surface area (TPSA) is 152 Å². The maximum absolute atomic E-state index is 13.5. The Morgan fingerprint density at radius 3 is 2.21 bits per heavy atom. The Bertz CT molecular complexity index is 1310. The van der Waals surface area contributed by atoms with Crippen molar-refractivity contribution in [3.63, 3.8) is 0 Å². The number of hydrogen-bond acceptors (Lipinski definition) is 9. The van der Waals surface area contributed by atoms with E-state index in [1.54, 1.807) is 18.2 Å². The number of nitrogens with one attached hydrogen (secondary N) is 2. The fourth-order valence-electron chi connectivity index (χ4n) is 5.89. The summed E-state index contributed by atoms with van der Waals surface area (Å²) >= 11 is 0. The molecule has 0 aromatic heterocycles. The van der Waals surface area contributed by atoms with Gasteiger partial charge in [0.2, 0.25) is 11.8 Å². The van der Waals surface area contributed by atoms with E-state index in [-0.39, 0.29) is 30.0 Å². The van der Waals surface area contributed by atoms with Crippen molar-refractivity contribution in [2.45, 2.75) is 45.3 Å². The monoisotopic (exact) mass is 597 g/mol. The van der Waals surface area contributed by atoms with E-state index in [0.29, 0.717) is 71.1 Å². The van der Waals surface area contributed by atoms with Gasteiger partial charge in [-0.05, 0) is 39.3 Å². The summed E-state index contributed by atoms with van der Waals surface area (Å²) in [5.41, 5.74) is 0.559. The molecule has 232 valence electrons. The minimum absolute atomic E-state index is 0.0280. The molecule has 14 heteroatoms. The van der Waals surface area contributed by atoms with Gasteiger partial charge in [0.05, 0.1) is 16.8 Å². The van der Waals surface area contributed by atoms with Gasteiger partial charge in [-0.2, -0.15) is 0 Å². The lowest BCUT2D eigenvalue weighted by Gasteiger charge is -2.41. The van der Waals surface area contributed by atoms with Gasteiger partial charge in [0.15, 0.2) is 0 Å². The van der Waals surface area contributed by atoms with Gasteiger partial charge >= 0.3 is 12.1 Å². The molecule has 0 spiro atoms. The molecule has 4 heterocycles. The lowest BCUT2D eigenvalue weighted by Crippen LogP contribution is -2.57. The van der Waals surface area contributed by atoms with Crippen molar-refractivity contribution >= 4 is 41.4 Å². The zero-order valence-electron chi connectivity index (χ0n) is 24.9. The number of carbonyl (C=O) groups excluding carboxylic acids is 6. The predicted molar refractivity (Wildman–Crippen MR) is 155 cm³/mol. The van der Waals surface area contributed by atoms with Crippen molar-refractivity contribution in [2.75, 3.05) is 70.3 Å². The zero-order chi connectivity index (χ0) is 30.9. The predicted octanol–water partition coefficient (Wildman–Crippen LogP) is 0.472. The normalized spacial score (nSPS) is 21.6. The molecule has 0 saturated carbocycles. The largest absolute Gasteiger partial charge is 0.444 e. The van der Waals surface area contributed by atoms with E-state index in [0.717, 1.165) is 4.90 Å². The molecule has 1 aromatic rings. The molecule has 3 fully saturated rings. The van der Waals surface area contributed by atoms with Crippen LogP contribution in [0.15, 0.2) is 18.2 Å². The number of urea groups is 1. The Morgan fingerprint density at radius 2 is 1.58 bits per heavy atom. The number of imide groups is 2. The fraction of sp³-hybridized carbons (Fsp3) is 0.586. The maximum atomic E-state index is 13.5. The third-order valence-electron chi connectivity index (χ3n) is 8.08. The van der Waals surface area contributed by atoms with E-state index in [9.17, 15) is 28.8 Å². The van der Waals surface area contributed by atoms with Gasteiger partial charge in [0.1, 0.15) is 11.6 Å². The summed E-state index contributed by atoms with van der Waals surface area (Å²) in [4.78, 5) is 84.6. The van der Waals surface area contributed by atoms with E-state index >= 15 is 0 Å². The van der Waals surface area contributed by atoms with Crippen molar-refractivity contribution in [1.82, 2.24) is 30.2 Å². The first kappa shape index (κ1) is 30.3. The summed E-state index contributed by atoms with van der Waals surface area (Å²) in [5.74, 6) is -2.13. The Hall–Kier alpha value is -4.20. The Balaban J connectivity index is 1.12. The van der Waals surface area contributed by atoms with E-state index in [1.165, 1.54) is 0 Å². The highest BCUT2D eigenvalue weighted by Gasteiger charge is 2.46. The number of hydrogen-bond donors (Lipinski definition) is 2. The molecular formula is C29H39N7O7. The number of ether oxygens (including phenoxy) is 1. The molecule has 0 bridgehead atoms. The molecular weight excluding hydrogens is 558 g/mol. The van der Waals surface area contributed by atoms with Crippen molar-refractivity contribution in [3.8, 4) is 0 Å². The third-order valence-corrected chi connectivity index (χ3v) is 8.08. The van der Waals surface area contributed by atoms with Crippen molar-refractivity contribution in [3.05, 3.63) is 29.3 Å². The summed E-state index contributed by atoms with van der Waals surface area (Å²) in [5, 5.41) is 4.98. The first-order chi connectivity index (χ1) is 20.4. The van der Waals surface area contributed by atoms with Gasteiger partial charge < -0.3 is 24.8 Å². The minimum Gasteiger partial charge on any atom is -0.444 e. The first-order valence-corrected chi connectivity index (χ1v) is 14.8. The first-order valence-electron chi connectivity index (χ1n) is 14.8. The molecule has 3 saturated heterocycles. The summed E-state index contributed by atoms with van der Waals surface area (Å²) in [7, 11) is 0. The molecule has 0 radical (unpaired) electrons. The number of alkyl carbamates (subject to hydrolysis) is 1. The zero-order valence-corrected chi connectivity index (χ0v) is 24.9. The summed E-state index contributed by atoms with van der Waals surface area (Å²) in [6.45, 7) is 11.1. The molecule has 1 atom stereocenters. The smallest absolute Gasteiger partial charge is 0.407 e. The average molecular weight is 598 g/mol. The number of carbonyl (C=O) groups is 6. The fourth-order valence-corrected chi connectivity index (χ4v) is 5.89. The quantitative estimate of drug-likeness (QED) is 0.462. The van der Waals surface area contributed by atoms with E-state index < -0.39 is 41.4 Å². The van der Waals surface area contributed by atoms with Crippen molar-refractivity contribution in [1.29, 1.82) is 0 Å². The van der Waals surface area contributed by atoms with Crippen LogP contribution in [-0.2, 0) is 14.3 Å². The van der Waals surface area contributed by atoms with E-state index in [4.69, 9.17) is 4.74 Å². The standard InChI is InChI=1S/C29H39N7O7/c1-29(2,3)43-27(41)30-9-10-32-11-13-34(14-12-32)28(42)35-17-15-33(16-18-35)20-6-4-5-19-23(20)26(40)36(25(19)39)21-7-8-22(37)31-24(21)38/h4-6,21H,7-18H2,1-3H3,(H,30,41)(H,31,37,38). The number of benzene rings is 1. The summed E-state index contributed by atoms with van der Waals surface area (Å²) in [6, 6.07) is 4.03. The molecule has 2 N–H and O–H groups in total. The number of piperidine rings is 1. The SMILES string of the molecule is CC(C)(C)OC(=O)NCCN1CCN(C(=O)N2CCN(c3cccc4c3C(=O)N(C3CCC(=O)NC3=O)C4=O)CC2)CC1. The highest BCUT2D eigenvalue weighted by atomic mass is 16.6. The summed E-state index contributed by atoms with van der Waals surface area (Å²) < 4.78 is 5.26. The molecule has 7 amide bonds. The highest BCUT2D eigenvalue weighted by molar-refractivity contribution is 6.25. The van der Waals surface area contributed by atoms with Gasteiger partial charge in [-0.25, -0.2) is 9.59 Å².